The Bertz CT molecular complexity index is 1600. The molecule has 16 heteroatoms. The zero-order valence-corrected chi connectivity index (χ0v) is 32.0. The fourth-order valence-electron chi connectivity index (χ4n) is 5.02. The van der Waals surface area contributed by atoms with Crippen molar-refractivity contribution in [2.75, 3.05) is 113 Å². The van der Waals surface area contributed by atoms with Crippen molar-refractivity contribution in [3.05, 3.63) is 46.9 Å². The van der Waals surface area contributed by atoms with Crippen LogP contribution < -0.4 is 10.2 Å². The molecule has 1 aromatic carbocycles. The first-order valence-corrected chi connectivity index (χ1v) is 15.6. The number of aliphatic imine (C=N–C) groups is 3. The number of hydrogen-bond donors (Lipinski definition) is 0. The minimum absolute atomic E-state index is 0.0196. The zero-order valence-electron chi connectivity index (χ0n) is 32.0. The lowest BCUT2D eigenvalue weighted by Crippen LogP contribution is -2.41. The lowest BCUT2D eigenvalue weighted by molar-refractivity contribution is -0.137. The third-order valence-corrected chi connectivity index (χ3v) is 6.89. The molecule has 0 unspecified atom stereocenters. The van der Waals surface area contributed by atoms with E-state index in [1.54, 1.807) is 10.6 Å². The van der Waals surface area contributed by atoms with Crippen LogP contribution in [0.1, 0.15) is 11.1 Å². The van der Waals surface area contributed by atoms with Gasteiger partial charge in [0.1, 0.15) is 5.69 Å². The molecule has 0 aliphatic heterocycles. The Hall–Kier alpha value is -4.85. The van der Waals surface area contributed by atoms with E-state index in [4.69, 9.17) is 19.6 Å². The molecule has 0 spiro atoms. The molecule has 0 amide bonds. The number of guanidine groups is 4. The minimum Gasteiger partial charge on any atom is -0.349 e. The van der Waals surface area contributed by atoms with Gasteiger partial charge in [0.2, 0.25) is 23.7 Å². The van der Waals surface area contributed by atoms with E-state index in [1.165, 1.54) is 6.07 Å². The number of alkyl halides is 3. The van der Waals surface area contributed by atoms with Crippen LogP contribution in [0.5, 0.6) is 0 Å². The second-order valence-corrected chi connectivity index (χ2v) is 13.1. The standard InChI is InChI=1S/C33H55F3N13/c1-41(2)29(42(3)4)37-25-21-26(38-30(43(5)6)44(7)8)28(40-32(47(13)14)48(15)16)49(27(25)39-31(45(9)10)46(11)12)22-23-18-17-19-24(20-23)33(34,35)36/h17-21H,22H2,1-16H3/q+1. The fourth-order valence-corrected chi connectivity index (χ4v) is 5.02. The maximum atomic E-state index is 14.0. The second kappa shape index (κ2) is 16.5. The molecular formula is C33H55F3N13+. The van der Waals surface area contributed by atoms with Gasteiger partial charge in [-0.25, -0.2) is 19.2 Å². The van der Waals surface area contributed by atoms with Crippen LogP contribution in [0.4, 0.5) is 30.4 Å². The number of benzene rings is 1. The van der Waals surface area contributed by atoms with E-state index in [9.17, 15) is 13.2 Å². The van der Waals surface area contributed by atoms with Gasteiger partial charge in [-0.05, 0) is 17.7 Å². The van der Waals surface area contributed by atoms with Gasteiger partial charge in [-0.1, -0.05) is 12.1 Å². The van der Waals surface area contributed by atoms with E-state index >= 15 is 0 Å². The van der Waals surface area contributed by atoms with Crippen molar-refractivity contribution >= 4 is 41.0 Å². The van der Waals surface area contributed by atoms with Crippen LogP contribution in [0, 0.1) is 0 Å². The molecule has 1 aromatic heterocycles. The Morgan fingerprint density at radius 3 is 1.43 bits per heavy atom. The Morgan fingerprint density at radius 1 is 0.592 bits per heavy atom. The predicted molar refractivity (Wildman–Crippen MR) is 196 cm³/mol. The van der Waals surface area contributed by atoms with E-state index < -0.39 is 11.7 Å². The number of halogens is 3. The highest BCUT2D eigenvalue weighted by Crippen LogP contribution is 2.33. The number of pyridine rings is 1. The lowest BCUT2D eigenvalue weighted by atomic mass is 10.1. The third kappa shape index (κ3) is 10.6. The summed E-state index contributed by atoms with van der Waals surface area (Å²) in [6.45, 7) is -0.0196. The first-order valence-electron chi connectivity index (χ1n) is 15.6. The summed E-state index contributed by atoms with van der Waals surface area (Å²) in [6.07, 6.45) is -4.52. The zero-order chi connectivity index (χ0) is 37.5. The van der Waals surface area contributed by atoms with Gasteiger partial charge in [-0.2, -0.15) is 18.2 Å². The number of aromatic nitrogens is 1. The third-order valence-electron chi connectivity index (χ3n) is 6.89. The summed E-state index contributed by atoms with van der Waals surface area (Å²) in [5.41, 5.74) is 0.912. The molecule has 0 fully saturated rings. The molecular weight excluding hydrogens is 635 g/mol. The molecule has 0 saturated heterocycles. The molecule has 272 valence electrons. The lowest BCUT2D eigenvalue weighted by Gasteiger charge is -2.25. The van der Waals surface area contributed by atoms with Gasteiger partial charge in [0, 0.05) is 119 Å². The van der Waals surface area contributed by atoms with Crippen molar-refractivity contribution < 1.29 is 13.2 Å². The number of hydrogen-bond acceptors (Lipinski definition) is 3. The maximum absolute atomic E-state index is 14.0. The van der Waals surface area contributed by atoms with Gasteiger partial charge in [-0.15, -0.1) is 0 Å². The van der Waals surface area contributed by atoms with Crippen LogP contribution in [-0.2, 0) is 12.7 Å². The Labute approximate surface area is 289 Å². The molecule has 0 aliphatic carbocycles. The van der Waals surface area contributed by atoms with Crippen LogP contribution in [0.3, 0.4) is 0 Å². The van der Waals surface area contributed by atoms with E-state index in [2.05, 4.69) is 0 Å². The van der Waals surface area contributed by atoms with Gasteiger partial charge in [0.15, 0.2) is 5.69 Å². The van der Waals surface area contributed by atoms with Crippen LogP contribution in [0.15, 0.2) is 45.3 Å². The van der Waals surface area contributed by atoms with Gasteiger partial charge >= 0.3 is 17.6 Å². The fraction of sp³-hybridized carbons (Fsp3) is 0.545. The summed E-state index contributed by atoms with van der Waals surface area (Å²) in [4.78, 5) is 30.3. The summed E-state index contributed by atoms with van der Waals surface area (Å²) in [5, 5.41) is 0. The average Bonchev–Trinajstić information content (AvgIpc) is 2.95. The summed E-state index contributed by atoms with van der Waals surface area (Å²) in [5.74, 6) is 2.78. The summed E-state index contributed by atoms with van der Waals surface area (Å²) in [7, 11) is 30.1. The van der Waals surface area contributed by atoms with Crippen molar-refractivity contribution in [1.82, 2.24) is 48.4 Å². The van der Waals surface area contributed by atoms with E-state index in [1.807, 2.05) is 158 Å². The minimum atomic E-state index is -4.52. The molecule has 1 heterocycles. The second-order valence-electron chi connectivity index (χ2n) is 13.1. The smallest absolute Gasteiger partial charge is 0.349 e. The molecule has 0 bridgehead atoms. The molecule has 13 nitrogen and oxygen atoms in total. The normalized spacial score (nSPS) is 10.8. The SMILES string of the molecule is CN(C)C(=Nc1cc(N=C(N(C)C)N(C)C)c(=[N+]=C(N(C)C)N(C)C)n(Cc2cccc(C(F)(F)F)c2)c1N=C(N(C)C)N(C)C)N(C)C. The van der Waals surface area contributed by atoms with Crippen LogP contribution in [0.2, 0.25) is 0 Å². The molecule has 0 atom stereocenters. The van der Waals surface area contributed by atoms with Gasteiger partial charge in [0.05, 0.1) is 12.1 Å². The Morgan fingerprint density at radius 2 is 1.02 bits per heavy atom. The highest BCUT2D eigenvalue weighted by molar-refractivity contribution is 5.88. The highest BCUT2D eigenvalue weighted by atomic mass is 19.4. The number of rotatable bonds is 5. The summed E-state index contributed by atoms with van der Waals surface area (Å²) in [6, 6.07) is 7.12. The molecule has 0 saturated carbocycles. The van der Waals surface area contributed by atoms with E-state index in [0.717, 1.165) is 12.1 Å². The van der Waals surface area contributed by atoms with Crippen LogP contribution in [-0.4, -0.2) is 180 Å². The highest BCUT2D eigenvalue weighted by Gasteiger charge is 2.31. The van der Waals surface area contributed by atoms with Crippen molar-refractivity contribution in [3.63, 3.8) is 0 Å². The average molecular weight is 691 g/mol. The Balaban J connectivity index is 3.57. The monoisotopic (exact) mass is 690 g/mol. The van der Waals surface area contributed by atoms with Crippen molar-refractivity contribution in [2.45, 2.75) is 12.7 Å². The predicted octanol–water partition coefficient (Wildman–Crippen LogP) is 2.33. The van der Waals surface area contributed by atoms with Crippen molar-refractivity contribution in [2.24, 2.45) is 15.0 Å². The summed E-state index contributed by atoms with van der Waals surface area (Å²) >= 11 is 0. The molecule has 0 N–H and O–H groups in total. The van der Waals surface area contributed by atoms with Crippen LogP contribution in [0.25, 0.3) is 0 Å². The Kier molecular flexibility index (Phi) is 13.6. The quantitative estimate of drug-likeness (QED) is 0.269. The first kappa shape index (κ1) is 40.3. The van der Waals surface area contributed by atoms with Gasteiger partial charge < -0.3 is 29.4 Å². The number of nitrogens with zero attached hydrogens (tertiary/aromatic N) is 13. The molecule has 0 aliphatic rings. The first-order chi connectivity index (χ1) is 22.6. The summed E-state index contributed by atoms with van der Waals surface area (Å²) < 4.78 is 48.8. The van der Waals surface area contributed by atoms with Crippen molar-refractivity contribution in [3.8, 4) is 0 Å². The molecule has 49 heavy (non-hydrogen) atoms. The topological polar surface area (TPSA) is 82.0 Å². The van der Waals surface area contributed by atoms with E-state index in [0.29, 0.717) is 52.1 Å². The molecule has 2 rings (SSSR count). The van der Waals surface area contributed by atoms with E-state index in [-0.39, 0.29) is 6.54 Å². The van der Waals surface area contributed by atoms with Gasteiger partial charge in [-0.3, -0.25) is 9.80 Å². The maximum Gasteiger partial charge on any atom is 0.416 e. The molecule has 2 aromatic rings. The van der Waals surface area contributed by atoms with Gasteiger partial charge in [0.25, 0.3) is 0 Å². The van der Waals surface area contributed by atoms with Crippen LogP contribution >= 0.6 is 0 Å². The largest absolute Gasteiger partial charge is 0.416 e. The molecule has 0 radical (unpaired) electrons. The van der Waals surface area contributed by atoms with Crippen molar-refractivity contribution in [1.29, 1.82) is 0 Å².